The number of nitrogen functional groups attached to an aromatic ring is 1. The van der Waals surface area contributed by atoms with Crippen molar-refractivity contribution in [1.82, 2.24) is 0 Å². The molecule has 0 amide bonds. The standard InChI is InChI=1S/C13H22N2O2/c1-3-16-7-5-6-15-12-8-11(14)9-13(10-12)17-4-2/h8-10,15H,3-7,14H2,1-2H3. The van der Waals surface area contributed by atoms with Gasteiger partial charge in [0.2, 0.25) is 0 Å². The molecule has 0 saturated carbocycles. The number of ether oxygens (including phenoxy) is 2. The summed E-state index contributed by atoms with van der Waals surface area (Å²) in [5, 5.41) is 3.30. The molecule has 0 aliphatic rings. The van der Waals surface area contributed by atoms with Crippen LogP contribution in [0.15, 0.2) is 18.2 Å². The van der Waals surface area contributed by atoms with Crippen LogP contribution >= 0.6 is 0 Å². The van der Waals surface area contributed by atoms with E-state index in [1.807, 2.05) is 32.0 Å². The van der Waals surface area contributed by atoms with E-state index >= 15 is 0 Å². The first-order chi connectivity index (χ1) is 8.26. The van der Waals surface area contributed by atoms with Crippen molar-refractivity contribution in [3.63, 3.8) is 0 Å². The lowest BCUT2D eigenvalue weighted by Crippen LogP contribution is -2.06. The smallest absolute Gasteiger partial charge is 0.123 e. The summed E-state index contributed by atoms with van der Waals surface area (Å²) < 4.78 is 10.7. The SMILES string of the molecule is CCOCCCNc1cc(N)cc(OCC)c1. The number of anilines is 2. The second-order valence-electron chi connectivity index (χ2n) is 3.70. The van der Waals surface area contributed by atoms with E-state index in [2.05, 4.69) is 5.32 Å². The second kappa shape index (κ2) is 7.79. The van der Waals surface area contributed by atoms with Gasteiger partial charge in [-0.3, -0.25) is 0 Å². The minimum absolute atomic E-state index is 0.646. The van der Waals surface area contributed by atoms with Crippen molar-refractivity contribution in [1.29, 1.82) is 0 Å². The first kappa shape index (κ1) is 13.6. The number of nitrogens with two attached hydrogens (primary N) is 1. The van der Waals surface area contributed by atoms with Gasteiger partial charge in [0.05, 0.1) is 6.61 Å². The van der Waals surface area contributed by atoms with Crippen LogP contribution in [0, 0.1) is 0 Å². The van der Waals surface area contributed by atoms with Crippen LogP contribution in [0.25, 0.3) is 0 Å². The van der Waals surface area contributed by atoms with Gasteiger partial charge in [0.1, 0.15) is 5.75 Å². The quantitative estimate of drug-likeness (QED) is 0.539. The fourth-order valence-electron chi connectivity index (χ4n) is 1.53. The molecule has 4 nitrogen and oxygen atoms in total. The van der Waals surface area contributed by atoms with Crippen LogP contribution in [0.3, 0.4) is 0 Å². The number of benzene rings is 1. The molecule has 96 valence electrons. The molecular weight excluding hydrogens is 216 g/mol. The molecule has 1 aromatic rings. The summed E-state index contributed by atoms with van der Waals surface area (Å²) in [7, 11) is 0. The summed E-state index contributed by atoms with van der Waals surface area (Å²) in [5.74, 6) is 0.805. The summed E-state index contributed by atoms with van der Waals surface area (Å²) in [6.45, 7) is 7.03. The van der Waals surface area contributed by atoms with E-state index in [9.17, 15) is 0 Å². The van der Waals surface area contributed by atoms with Crippen molar-refractivity contribution < 1.29 is 9.47 Å². The molecule has 0 atom stereocenters. The Balaban J connectivity index is 2.41. The predicted molar refractivity (Wildman–Crippen MR) is 71.6 cm³/mol. The van der Waals surface area contributed by atoms with Crippen molar-refractivity contribution in [2.45, 2.75) is 20.3 Å². The van der Waals surface area contributed by atoms with Gasteiger partial charge in [-0.2, -0.15) is 0 Å². The van der Waals surface area contributed by atoms with Crippen LogP contribution in [0.4, 0.5) is 11.4 Å². The topological polar surface area (TPSA) is 56.5 Å². The highest BCUT2D eigenvalue weighted by Crippen LogP contribution is 2.22. The molecule has 0 aliphatic carbocycles. The zero-order valence-electron chi connectivity index (χ0n) is 10.7. The van der Waals surface area contributed by atoms with Crippen molar-refractivity contribution in [2.24, 2.45) is 0 Å². The van der Waals surface area contributed by atoms with Gasteiger partial charge in [0, 0.05) is 43.3 Å². The average molecular weight is 238 g/mol. The van der Waals surface area contributed by atoms with Crippen molar-refractivity contribution in [3.8, 4) is 5.75 Å². The lowest BCUT2D eigenvalue weighted by Gasteiger charge is -2.10. The third kappa shape index (κ3) is 5.45. The monoisotopic (exact) mass is 238 g/mol. The maximum atomic E-state index is 5.80. The highest BCUT2D eigenvalue weighted by Gasteiger charge is 1.99. The molecule has 0 unspecified atom stereocenters. The average Bonchev–Trinajstić information content (AvgIpc) is 2.28. The lowest BCUT2D eigenvalue weighted by molar-refractivity contribution is 0.147. The lowest BCUT2D eigenvalue weighted by atomic mass is 10.2. The Labute approximate surface area is 103 Å². The fourth-order valence-corrected chi connectivity index (χ4v) is 1.53. The minimum atomic E-state index is 0.646. The third-order valence-electron chi connectivity index (χ3n) is 2.24. The number of rotatable bonds is 8. The van der Waals surface area contributed by atoms with E-state index in [4.69, 9.17) is 15.2 Å². The Bertz CT molecular complexity index is 329. The van der Waals surface area contributed by atoms with Crippen LogP contribution in [0.5, 0.6) is 5.75 Å². The zero-order valence-corrected chi connectivity index (χ0v) is 10.7. The van der Waals surface area contributed by atoms with Gasteiger partial charge in [-0.1, -0.05) is 0 Å². The minimum Gasteiger partial charge on any atom is -0.494 e. The molecule has 0 aromatic heterocycles. The summed E-state index contributed by atoms with van der Waals surface area (Å²) in [5.41, 5.74) is 7.50. The Morgan fingerprint density at radius 3 is 2.71 bits per heavy atom. The highest BCUT2D eigenvalue weighted by molar-refractivity contribution is 5.59. The molecule has 0 heterocycles. The first-order valence-corrected chi connectivity index (χ1v) is 6.11. The molecule has 1 rings (SSSR count). The van der Waals surface area contributed by atoms with E-state index in [0.29, 0.717) is 12.3 Å². The van der Waals surface area contributed by atoms with Crippen molar-refractivity contribution >= 4 is 11.4 Å². The van der Waals surface area contributed by atoms with Crippen LogP contribution in [0.1, 0.15) is 20.3 Å². The number of hydrogen-bond acceptors (Lipinski definition) is 4. The van der Waals surface area contributed by atoms with Crippen LogP contribution in [0.2, 0.25) is 0 Å². The van der Waals surface area contributed by atoms with Gasteiger partial charge in [-0.05, 0) is 26.3 Å². The van der Waals surface area contributed by atoms with Gasteiger partial charge < -0.3 is 20.5 Å². The molecule has 0 radical (unpaired) electrons. The Hall–Kier alpha value is -1.42. The van der Waals surface area contributed by atoms with E-state index in [0.717, 1.165) is 37.6 Å². The summed E-state index contributed by atoms with van der Waals surface area (Å²) in [4.78, 5) is 0. The maximum Gasteiger partial charge on any atom is 0.123 e. The van der Waals surface area contributed by atoms with Crippen LogP contribution < -0.4 is 15.8 Å². The normalized spacial score (nSPS) is 10.2. The molecule has 0 saturated heterocycles. The molecular formula is C13H22N2O2. The third-order valence-corrected chi connectivity index (χ3v) is 2.24. The largest absolute Gasteiger partial charge is 0.494 e. The van der Waals surface area contributed by atoms with E-state index in [1.165, 1.54) is 0 Å². The summed E-state index contributed by atoms with van der Waals surface area (Å²) in [6, 6.07) is 5.69. The van der Waals surface area contributed by atoms with E-state index in [1.54, 1.807) is 0 Å². The molecule has 4 heteroatoms. The first-order valence-electron chi connectivity index (χ1n) is 6.11. The van der Waals surface area contributed by atoms with Gasteiger partial charge in [-0.15, -0.1) is 0 Å². The molecule has 0 fully saturated rings. The summed E-state index contributed by atoms with van der Waals surface area (Å²) >= 11 is 0. The molecule has 1 aromatic carbocycles. The Kier molecular flexibility index (Phi) is 6.25. The van der Waals surface area contributed by atoms with Crippen molar-refractivity contribution in [2.75, 3.05) is 37.4 Å². The molecule has 0 aliphatic heterocycles. The van der Waals surface area contributed by atoms with Gasteiger partial charge in [-0.25, -0.2) is 0 Å². The molecule has 3 N–H and O–H groups in total. The Morgan fingerprint density at radius 2 is 2.00 bits per heavy atom. The molecule has 0 spiro atoms. The highest BCUT2D eigenvalue weighted by atomic mass is 16.5. The van der Waals surface area contributed by atoms with Gasteiger partial charge >= 0.3 is 0 Å². The molecule has 17 heavy (non-hydrogen) atoms. The summed E-state index contributed by atoms with van der Waals surface area (Å²) in [6.07, 6.45) is 0.979. The number of hydrogen-bond donors (Lipinski definition) is 2. The van der Waals surface area contributed by atoms with Crippen LogP contribution in [-0.2, 0) is 4.74 Å². The van der Waals surface area contributed by atoms with Gasteiger partial charge in [0.15, 0.2) is 0 Å². The maximum absolute atomic E-state index is 5.80. The fraction of sp³-hybridized carbons (Fsp3) is 0.538. The number of nitrogens with one attached hydrogen (secondary N) is 1. The van der Waals surface area contributed by atoms with Crippen LogP contribution in [-0.4, -0.2) is 26.4 Å². The van der Waals surface area contributed by atoms with E-state index < -0.39 is 0 Å². The molecule has 0 bridgehead atoms. The predicted octanol–water partition coefficient (Wildman–Crippen LogP) is 2.51. The second-order valence-corrected chi connectivity index (χ2v) is 3.70. The van der Waals surface area contributed by atoms with Gasteiger partial charge in [0.25, 0.3) is 0 Å². The Morgan fingerprint density at radius 1 is 1.18 bits per heavy atom. The van der Waals surface area contributed by atoms with E-state index in [-0.39, 0.29) is 0 Å². The van der Waals surface area contributed by atoms with Crippen molar-refractivity contribution in [3.05, 3.63) is 18.2 Å². The zero-order chi connectivity index (χ0) is 12.5.